The van der Waals surface area contributed by atoms with Gasteiger partial charge in [0.2, 0.25) is 0 Å². The van der Waals surface area contributed by atoms with Gasteiger partial charge in [-0.2, -0.15) is 0 Å². The molecule has 0 atom stereocenters. The van der Waals surface area contributed by atoms with Gasteiger partial charge in [-0.15, -0.1) is 0 Å². The summed E-state index contributed by atoms with van der Waals surface area (Å²) < 4.78 is 18.5. The minimum atomic E-state index is -0.489. The molecule has 0 bridgehead atoms. The second kappa shape index (κ2) is 5.69. The van der Waals surface area contributed by atoms with Gasteiger partial charge in [-0.1, -0.05) is 11.6 Å². The van der Waals surface area contributed by atoms with Crippen LogP contribution in [0.3, 0.4) is 0 Å². The highest BCUT2D eigenvalue weighted by atomic mass is 35.5. The van der Waals surface area contributed by atoms with E-state index in [9.17, 15) is 9.18 Å². The lowest BCUT2D eigenvalue weighted by molar-refractivity contribution is -0.116. The highest BCUT2D eigenvalue weighted by molar-refractivity contribution is 6.31. The molecule has 0 unspecified atom stereocenters. The number of carbonyl (C=O) groups is 1. The first-order chi connectivity index (χ1) is 9.10. The number of hydrogen-bond donors (Lipinski definition) is 2. The first-order valence-electron chi connectivity index (χ1n) is 5.34. The number of carbonyl (C=O) groups excluding carboxylic acids is 1. The molecule has 19 heavy (non-hydrogen) atoms. The van der Waals surface area contributed by atoms with E-state index in [1.807, 2.05) is 5.43 Å². The highest BCUT2D eigenvalue weighted by Gasteiger charge is 2.06. The predicted octanol–water partition coefficient (Wildman–Crippen LogP) is 2.74. The van der Waals surface area contributed by atoms with Gasteiger partial charge >= 0.3 is 0 Å². The number of rotatable bonds is 3. The van der Waals surface area contributed by atoms with Crippen LogP contribution in [0.5, 0.6) is 0 Å². The lowest BCUT2D eigenvalue weighted by atomic mass is 10.2. The number of hydrazine groups is 1. The van der Waals surface area contributed by atoms with Gasteiger partial charge in [0.05, 0.1) is 5.02 Å². The van der Waals surface area contributed by atoms with Crippen molar-refractivity contribution >= 4 is 23.6 Å². The lowest BCUT2D eigenvalue weighted by Gasteiger charge is -1.98. The fourth-order valence-corrected chi connectivity index (χ4v) is 1.63. The van der Waals surface area contributed by atoms with Crippen LogP contribution in [0.2, 0.25) is 5.02 Å². The number of benzene rings is 1. The molecule has 1 aromatic carbocycles. The summed E-state index contributed by atoms with van der Waals surface area (Å²) in [5.74, 6) is 4.99. The van der Waals surface area contributed by atoms with Gasteiger partial charge < -0.3 is 4.42 Å². The molecule has 0 fully saturated rings. The van der Waals surface area contributed by atoms with Crippen molar-refractivity contribution in [2.45, 2.75) is 0 Å². The number of nitrogens with two attached hydrogens (primary N) is 1. The quantitative estimate of drug-likeness (QED) is 0.393. The molecule has 1 amide bonds. The van der Waals surface area contributed by atoms with Crippen LogP contribution in [0.15, 0.2) is 40.8 Å². The summed E-state index contributed by atoms with van der Waals surface area (Å²) in [5.41, 5.74) is 2.61. The van der Waals surface area contributed by atoms with Crippen LogP contribution >= 0.6 is 11.6 Å². The Labute approximate surface area is 113 Å². The molecule has 0 radical (unpaired) electrons. The van der Waals surface area contributed by atoms with Crippen LogP contribution in [0.25, 0.3) is 17.4 Å². The summed E-state index contributed by atoms with van der Waals surface area (Å²) >= 11 is 5.69. The molecule has 6 heteroatoms. The smallest absolute Gasteiger partial charge is 0.258 e. The first kappa shape index (κ1) is 13.3. The molecular weight excluding hydrogens is 271 g/mol. The Kier molecular flexibility index (Phi) is 3.99. The van der Waals surface area contributed by atoms with Crippen molar-refractivity contribution in [2.24, 2.45) is 5.84 Å². The van der Waals surface area contributed by atoms with E-state index < -0.39 is 11.7 Å². The second-order valence-electron chi connectivity index (χ2n) is 3.67. The zero-order chi connectivity index (χ0) is 13.8. The fourth-order valence-electron chi connectivity index (χ4n) is 1.45. The van der Waals surface area contributed by atoms with E-state index in [-0.39, 0.29) is 5.02 Å². The summed E-state index contributed by atoms with van der Waals surface area (Å²) in [6, 6.07) is 7.66. The Hall–Kier alpha value is -2.11. The number of amides is 1. The number of halogens is 2. The first-order valence-corrected chi connectivity index (χ1v) is 5.72. The van der Waals surface area contributed by atoms with Crippen LogP contribution in [0.4, 0.5) is 4.39 Å². The van der Waals surface area contributed by atoms with E-state index in [1.54, 1.807) is 18.2 Å². The van der Waals surface area contributed by atoms with E-state index in [1.165, 1.54) is 24.3 Å². The van der Waals surface area contributed by atoms with Crippen LogP contribution < -0.4 is 11.3 Å². The molecular formula is C13H10ClFN2O2. The van der Waals surface area contributed by atoms with Crippen molar-refractivity contribution in [3.05, 3.63) is 53.0 Å². The van der Waals surface area contributed by atoms with Crippen molar-refractivity contribution in [1.82, 2.24) is 5.43 Å². The summed E-state index contributed by atoms with van der Waals surface area (Å²) in [6.07, 6.45) is 2.71. The van der Waals surface area contributed by atoms with Gasteiger partial charge in [0.15, 0.2) is 0 Å². The van der Waals surface area contributed by atoms with E-state index in [2.05, 4.69) is 0 Å². The standard InChI is InChI=1S/C13H10ClFN2O2/c14-10-7-8(1-4-11(10)15)12-5-2-9(19-12)3-6-13(18)17-16/h1-7H,16H2,(H,17,18)/b6-3+. The zero-order valence-electron chi connectivity index (χ0n) is 9.69. The molecule has 0 saturated carbocycles. The van der Waals surface area contributed by atoms with Crippen LogP contribution in [-0.2, 0) is 4.79 Å². The normalized spacial score (nSPS) is 10.9. The molecule has 3 N–H and O–H groups in total. The molecule has 0 aliphatic rings. The topological polar surface area (TPSA) is 68.3 Å². The van der Waals surface area contributed by atoms with Gasteiger partial charge in [-0.05, 0) is 36.4 Å². The number of nitrogens with one attached hydrogen (secondary N) is 1. The van der Waals surface area contributed by atoms with Crippen molar-refractivity contribution in [1.29, 1.82) is 0 Å². The molecule has 0 saturated heterocycles. The summed E-state index contributed by atoms with van der Waals surface area (Å²) in [5, 5.41) is 0.0218. The molecule has 0 spiro atoms. The van der Waals surface area contributed by atoms with E-state index in [4.69, 9.17) is 21.9 Å². The summed E-state index contributed by atoms with van der Waals surface area (Å²) in [7, 11) is 0. The molecule has 98 valence electrons. The molecule has 0 aliphatic carbocycles. The van der Waals surface area contributed by atoms with Crippen molar-refractivity contribution in [3.8, 4) is 11.3 Å². The number of hydrogen-bond acceptors (Lipinski definition) is 3. The Morgan fingerprint density at radius 2 is 2.16 bits per heavy atom. The Balaban J connectivity index is 2.23. The van der Waals surface area contributed by atoms with Crippen molar-refractivity contribution in [3.63, 3.8) is 0 Å². The average Bonchev–Trinajstić information content (AvgIpc) is 2.88. The maximum atomic E-state index is 13.0. The summed E-state index contributed by atoms with van der Waals surface area (Å²) in [4.78, 5) is 10.9. The Morgan fingerprint density at radius 1 is 1.37 bits per heavy atom. The van der Waals surface area contributed by atoms with Gasteiger partial charge in [0, 0.05) is 11.6 Å². The third-order valence-corrected chi connectivity index (χ3v) is 2.66. The largest absolute Gasteiger partial charge is 0.457 e. The molecule has 2 rings (SSSR count). The fraction of sp³-hybridized carbons (Fsp3) is 0. The SMILES string of the molecule is NNC(=O)/C=C/c1ccc(-c2ccc(F)c(Cl)c2)o1. The van der Waals surface area contributed by atoms with Gasteiger partial charge in [-0.25, -0.2) is 10.2 Å². The van der Waals surface area contributed by atoms with Crippen molar-refractivity contribution < 1.29 is 13.6 Å². The van der Waals surface area contributed by atoms with Gasteiger partial charge in [0.1, 0.15) is 17.3 Å². The van der Waals surface area contributed by atoms with Crippen molar-refractivity contribution in [2.75, 3.05) is 0 Å². The molecule has 2 aromatic rings. The minimum absolute atomic E-state index is 0.0218. The highest BCUT2D eigenvalue weighted by Crippen LogP contribution is 2.26. The minimum Gasteiger partial charge on any atom is -0.457 e. The lowest BCUT2D eigenvalue weighted by Crippen LogP contribution is -2.27. The van der Waals surface area contributed by atoms with Crippen LogP contribution in [0.1, 0.15) is 5.76 Å². The summed E-state index contributed by atoms with van der Waals surface area (Å²) in [6.45, 7) is 0. The molecule has 4 nitrogen and oxygen atoms in total. The van der Waals surface area contributed by atoms with Gasteiger partial charge in [-0.3, -0.25) is 10.2 Å². The third-order valence-electron chi connectivity index (χ3n) is 2.37. The maximum Gasteiger partial charge on any atom is 0.258 e. The third kappa shape index (κ3) is 3.21. The van der Waals surface area contributed by atoms with Crippen LogP contribution in [-0.4, -0.2) is 5.91 Å². The maximum absolute atomic E-state index is 13.0. The second-order valence-corrected chi connectivity index (χ2v) is 4.08. The van der Waals surface area contributed by atoms with Crippen LogP contribution in [0, 0.1) is 5.82 Å². The van der Waals surface area contributed by atoms with E-state index >= 15 is 0 Å². The average molecular weight is 281 g/mol. The predicted molar refractivity (Wildman–Crippen MR) is 70.5 cm³/mol. The Bertz CT molecular complexity index is 637. The zero-order valence-corrected chi connectivity index (χ0v) is 10.4. The van der Waals surface area contributed by atoms with E-state index in [0.29, 0.717) is 17.1 Å². The molecule has 1 heterocycles. The molecule has 0 aliphatic heterocycles. The van der Waals surface area contributed by atoms with Gasteiger partial charge in [0.25, 0.3) is 5.91 Å². The monoisotopic (exact) mass is 280 g/mol. The molecule has 1 aromatic heterocycles. The Morgan fingerprint density at radius 3 is 2.84 bits per heavy atom. The van der Waals surface area contributed by atoms with E-state index in [0.717, 1.165) is 0 Å². The number of furan rings is 1.